The van der Waals surface area contributed by atoms with Crippen molar-refractivity contribution in [2.45, 2.75) is 6.61 Å². The Morgan fingerprint density at radius 1 is 1.22 bits per heavy atom. The number of carbonyl (C=O) groups is 1. The van der Waals surface area contributed by atoms with Gasteiger partial charge in [0.2, 0.25) is 0 Å². The van der Waals surface area contributed by atoms with Crippen LogP contribution in [-0.2, 0) is 11.4 Å². The molecule has 3 rings (SSSR count). The number of amides is 1. The van der Waals surface area contributed by atoms with Crippen LogP contribution < -0.4 is 9.47 Å². The molecular weight excluding hydrogens is 514 g/mol. The van der Waals surface area contributed by atoms with Crippen molar-refractivity contribution >= 4 is 72.1 Å². The van der Waals surface area contributed by atoms with Crippen molar-refractivity contribution in [3.8, 4) is 11.5 Å². The minimum Gasteiger partial charge on any atom is -0.493 e. The average Bonchev–Trinajstić information content (AvgIpc) is 2.88. The van der Waals surface area contributed by atoms with E-state index in [4.69, 9.17) is 21.7 Å². The molecule has 140 valence electrons. The number of rotatable bonds is 5. The lowest BCUT2D eigenvalue weighted by molar-refractivity contribution is -0.121. The van der Waals surface area contributed by atoms with Crippen molar-refractivity contribution in [2.24, 2.45) is 0 Å². The van der Waals surface area contributed by atoms with Gasteiger partial charge >= 0.3 is 0 Å². The highest BCUT2D eigenvalue weighted by Gasteiger charge is 2.28. The number of halogens is 2. The number of thiocarbonyl (C=S) groups is 1. The Morgan fingerprint density at radius 3 is 2.52 bits per heavy atom. The molecule has 27 heavy (non-hydrogen) atoms. The fourth-order valence-electron chi connectivity index (χ4n) is 2.40. The van der Waals surface area contributed by atoms with E-state index in [1.165, 1.54) is 16.7 Å². The van der Waals surface area contributed by atoms with Gasteiger partial charge in [-0.1, -0.05) is 52.0 Å². The third kappa shape index (κ3) is 4.74. The summed E-state index contributed by atoms with van der Waals surface area (Å²) >= 11 is 13.4. The molecule has 0 spiro atoms. The molecule has 1 saturated heterocycles. The summed E-state index contributed by atoms with van der Waals surface area (Å²) in [5.41, 5.74) is 1.87. The minimum absolute atomic E-state index is 0.101. The molecule has 0 aromatic heterocycles. The van der Waals surface area contributed by atoms with Gasteiger partial charge in [-0.2, -0.15) is 0 Å². The molecule has 4 nitrogen and oxygen atoms in total. The number of methoxy groups -OCH3 is 1. The first-order chi connectivity index (χ1) is 12.9. The normalized spacial score (nSPS) is 15.6. The average molecular weight is 529 g/mol. The van der Waals surface area contributed by atoms with Crippen molar-refractivity contribution in [1.29, 1.82) is 0 Å². The highest BCUT2D eigenvalue weighted by Crippen LogP contribution is 2.39. The SMILES string of the molecule is COc1cc(/C=C2\SC(=S)N(C)C2=O)cc(Br)c1OCc1ccc(Br)cc1. The summed E-state index contributed by atoms with van der Waals surface area (Å²) in [6, 6.07) is 11.7. The Labute approximate surface area is 184 Å². The number of hydrogen-bond acceptors (Lipinski definition) is 5. The number of nitrogens with zero attached hydrogens (tertiary/aromatic N) is 1. The number of carbonyl (C=O) groups excluding carboxylic acids is 1. The van der Waals surface area contributed by atoms with Gasteiger partial charge in [0.05, 0.1) is 16.5 Å². The van der Waals surface area contributed by atoms with Gasteiger partial charge in [-0.25, -0.2) is 0 Å². The van der Waals surface area contributed by atoms with Crippen molar-refractivity contribution in [3.63, 3.8) is 0 Å². The molecule has 8 heteroatoms. The van der Waals surface area contributed by atoms with Gasteiger partial charge in [-0.3, -0.25) is 9.69 Å². The molecule has 1 amide bonds. The highest BCUT2D eigenvalue weighted by atomic mass is 79.9. The van der Waals surface area contributed by atoms with Crippen LogP contribution in [0.5, 0.6) is 11.5 Å². The lowest BCUT2D eigenvalue weighted by Crippen LogP contribution is -2.22. The summed E-state index contributed by atoms with van der Waals surface area (Å²) in [5, 5.41) is 0. The van der Waals surface area contributed by atoms with Crippen LogP contribution in [-0.4, -0.2) is 29.3 Å². The van der Waals surface area contributed by atoms with Crippen LogP contribution in [0, 0.1) is 0 Å². The summed E-state index contributed by atoms with van der Waals surface area (Å²) in [5.74, 6) is 1.09. The Balaban J connectivity index is 1.84. The molecule has 0 atom stereocenters. The smallest absolute Gasteiger partial charge is 0.265 e. The van der Waals surface area contributed by atoms with Gasteiger partial charge in [-0.05, 0) is 57.4 Å². The number of ether oxygens (including phenoxy) is 2. The summed E-state index contributed by atoms with van der Waals surface area (Å²) in [6.45, 7) is 0.413. The molecule has 1 heterocycles. The van der Waals surface area contributed by atoms with Gasteiger partial charge in [0.15, 0.2) is 11.5 Å². The monoisotopic (exact) mass is 527 g/mol. The third-order valence-electron chi connectivity index (χ3n) is 3.83. The third-order valence-corrected chi connectivity index (χ3v) is 6.43. The van der Waals surface area contributed by atoms with E-state index in [2.05, 4.69) is 31.9 Å². The van der Waals surface area contributed by atoms with E-state index in [9.17, 15) is 4.79 Å². The lowest BCUT2D eigenvalue weighted by atomic mass is 10.1. The maximum absolute atomic E-state index is 12.2. The van der Waals surface area contributed by atoms with Crippen molar-refractivity contribution < 1.29 is 14.3 Å². The molecule has 0 bridgehead atoms. The molecule has 2 aromatic carbocycles. The molecular formula is C19H15Br2NO3S2. The second-order valence-electron chi connectivity index (χ2n) is 5.69. The standard InChI is InChI=1S/C19H15Br2NO3S2/c1-22-18(23)16(27-19(22)26)9-12-7-14(21)17(15(8-12)24-2)25-10-11-3-5-13(20)6-4-11/h3-9H,10H2,1-2H3/b16-9-. The zero-order chi connectivity index (χ0) is 19.6. The zero-order valence-electron chi connectivity index (χ0n) is 14.5. The van der Waals surface area contributed by atoms with Crippen LogP contribution in [0.15, 0.2) is 50.2 Å². The largest absolute Gasteiger partial charge is 0.493 e. The minimum atomic E-state index is -0.101. The summed E-state index contributed by atoms with van der Waals surface area (Å²) < 4.78 is 13.8. The first-order valence-corrected chi connectivity index (χ1v) is 10.7. The molecule has 0 unspecified atom stereocenters. The quantitative estimate of drug-likeness (QED) is 0.371. The van der Waals surface area contributed by atoms with Crippen molar-refractivity contribution in [3.05, 3.63) is 61.4 Å². The van der Waals surface area contributed by atoms with Crippen LogP contribution in [0.25, 0.3) is 6.08 Å². The van der Waals surface area contributed by atoms with Gasteiger partial charge in [-0.15, -0.1) is 0 Å². The molecule has 0 N–H and O–H groups in total. The van der Waals surface area contributed by atoms with Gasteiger partial charge < -0.3 is 9.47 Å². The van der Waals surface area contributed by atoms with E-state index in [1.807, 2.05) is 36.4 Å². The first kappa shape index (κ1) is 20.4. The number of hydrogen-bond donors (Lipinski definition) is 0. The first-order valence-electron chi connectivity index (χ1n) is 7.85. The summed E-state index contributed by atoms with van der Waals surface area (Å²) in [7, 11) is 3.26. The van der Waals surface area contributed by atoms with Crippen LogP contribution in [0.2, 0.25) is 0 Å². The predicted molar refractivity (Wildman–Crippen MR) is 120 cm³/mol. The second kappa shape index (κ2) is 8.77. The molecule has 2 aromatic rings. The second-order valence-corrected chi connectivity index (χ2v) is 9.14. The van der Waals surface area contributed by atoms with Gasteiger partial charge in [0.1, 0.15) is 10.9 Å². The molecule has 1 aliphatic rings. The zero-order valence-corrected chi connectivity index (χ0v) is 19.3. The molecule has 0 saturated carbocycles. The van der Waals surface area contributed by atoms with Gasteiger partial charge in [0, 0.05) is 11.5 Å². The number of likely N-dealkylation sites (N-methyl/N-ethyl adjacent to an activating group) is 1. The topological polar surface area (TPSA) is 38.8 Å². The van der Waals surface area contributed by atoms with Gasteiger partial charge in [0.25, 0.3) is 5.91 Å². The van der Waals surface area contributed by atoms with Crippen LogP contribution in [0.4, 0.5) is 0 Å². The maximum Gasteiger partial charge on any atom is 0.265 e. The Morgan fingerprint density at radius 2 is 1.93 bits per heavy atom. The Bertz CT molecular complexity index is 929. The van der Waals surface area contributed by atoms with E-state index in [-0.39, 0.29) is 5.91 Å². The molecule has 1 fully saturated rings. The van der Waals surface area contributed by atoms with E-state index < -0.39 is 0 Å². The van der Waals surface area contributed by atoms with Crippen LogP contribution in [0.3, 0.4) is 0 Å². The number of thioether (sulfide) groups is 1. The van der Waals surface area contributed by atoms with E-state index >= 15 is 0 Å². The van der Waals surface area contributed by atoms with Crippen LogP contribution in [0.1, 0.15) is 11.1 Å². The van der Waals surface area contributed by atoms with E-state index in [1.54, 1.807) is 20.2 Å². The maximum atomic E-state index is 12.2. The molecule has 0 radical (unpaired) electrons. The molecule has 0 aliphatic carbocycles. The van der Waals surface area contributed by atoms with Crippen LogP contribution >= 0.6 is 55.8 Å². The number of benzene rings is 2. The highest BCUT2D eigenvalue weighted by molar-refractivity contribution is 9.10. The predicted octanol–water partition coefficient (Wildman–Crippen LogP) is 5.63. The van der Waals surface area contributed by atoms with Crippen molar-refractivity contribution in [1.82, 2.24) is 4.90 Å². The summed E-state index contributed by atoms with van der Waals surface area (Å²) in [4.78, 5) is 14.2. The van der Waals surface area contributed by atoms with E-state index in [0.717, 1.165) is 20.1 Å². The Hall–Kier alpha value is -1.35. The Kier molecular flexibility index (Phi) is 6.62. The fraction of sp³-hybridized carbons (Fsp3) is 0.158. The fourth-order valence-corrected chi connectivity index (χ4v) is 4.41. The summed E-state index contributed by atoms with van der Waals surface area (Å²) in [6.07, 6.45) is 1.80. The lowest BCUT2D eigenvalue weighted by Gasteiger charge is -2.14. The van der Waals surface area contributed by atoms with E-state index in [0.29, 0.717) is 27.3 Å². The van der Waals surface area contributed by atoms with Crippen molar-refractivity contribution in [2.75, 3.05) is 14.2 Å². The molecule has 1 aliphatic heterocycles.